The van der Waals surface area contributed by atoms with Crippen molar-refractivity contribution in [1.82, 2.24) is 4.98 Å². The van der Waals surface area contributed by atoms with Crippen LogP contribution in [0.2, 0.25) is 0 Å². The number of carbonyl (C=O) groups is 1. The van der Waals surface area contributed by atoms with E-state index in [0.29, 0.717) is 18.8 Å². The van der Waals surface area contributed by atoms with Crippen molar-refractivity contribution in [3.8, 4) is 0 Å². The van der Waals surface area contributed by atoms with Crippen LogP contribution in [0, 0.1) is 0 Å². The highest BCUT2D eigenvalue weighted by Crippen LogP contribution is 2.19. The minimum Gasteiger partial charge on any atom is -0.465 e. The summed E-state index contributed by atoms with van der Waals surface area (Å²) in [7, 11) is 1.37. The van der Waals surface area contributed by atoms with E-state index in [1.807, 2.05) is 25.1 Å². The molecule has 2 aromatic rings. The normalized spacial score (nSPS) is 10.6. The van der Waals surface area contributed by atoms with Gasteiger partial charge in [-0.15, -0.1) is 0 Å². The SMILES string of the molecule is CCOCc1ccc2nccc(C(=O)OC)c2c1. The Morgan fingerprint density at radius 3 is 2.89 bits per heavy atom. The average molecular weight is 245 g/mol. The maximum absolute atomic E-state index is 11.7. The molecule has 0 saturated carbocycles. The van der Waals surface area contributed by atoms with Crippen LogP contribution >= 0.6 is 0 Å². The van der Waals surface area contributed by atoms with Gasteiger partial charge in [0, 0.05) is 18.2 Å². The zero-order valence-corrected chi connectivity index (χ0v) is 10.5. The predicted molar refractivity (Wildman–Crippen MR) is 68.4 cm³/mol. The molecule has 0 saturated heterocycles. The minimum atomic E-state index is -0.351. The number of rotatable bonds is 4. The smallest absolute Gasteiger partial charge is 0.338 e. The molecule has 0 spiro atoms. The number of esters is 1. The molecule has 1 aromatic heterocycles. The number of methoxy groups -OCH3 is 1. The van der Waals surface area contributed by atoms with E-state index in [4.69, 9.17) is 9.47 Å². The number of carbonyl (C=O) groups excluding carboxylic acids is 1. The van der Waals surface area contributed by atoms with Gasteiger partial charge in [-0.1, -0.05) is 6.07 Å². The molecule has 2 rings (SSSR count). The van der Waals surface area contributed by atoms with E-state index < -0.39 is 0 Å². The van der Waals surface area contributed by atoms with Gasteiger partial charge in [0.25, 0.3) is 0 Å². The highest BCUT2D eigenvalue weighted by atomic mass is 16.5. The Morgan fingerprint density at radius 2 is 2.17 bits per heavy atom. The monoisotopic (exact) mass is 245 g/mol. The third kappa shape index (κ3) is 2.49. The summed E-state index contributed by atoms with van der Waals surface area (Å²) in [5.74, 6) is -0.351. The molecule has 0 N–H and O–H groups in total. The molecule has 0 atom stereocenters. The van der Waals surface area contributed by atoms with Crippen molar-refractivity contribution >= 4 is 16.9 Å². The van der Waals surface area contributed by atoms with Gasteiger partial charge in [0.05, 0.1) is 24.8 Å². The maximum atomic E-state index is 11.7. The van der Waals surface area contributed by atoms with Crippen molar-refractivity contribution in [2.45, 2.75) is 13.5 Å². The summed E-state index contributed by atoms with van der Waals surface area (Å²) in [5.41, 5.74) is 2.32. The van der Waals surface area contributed by atoms with E-state index >= 15 is 0 Å². The number of fused-ring (bicyclic) bond motifs is 1. The summed E-state index contributed by atoms with van der Waals surface area (Å²) in [6.07, 6.45) is 1.61. The lowest BCUT2D eigenvalue weighted by Crippen LogP contribution is -2.03. The molecule has 0 amide bonds. The molecule has 4 nitrogen and oxygen atoms in total. The maximum Gasteiger partial charge on any atom is 0.338 e. The molecule has 0 aliphatic carbocycles. The van der Waals surface area contributed by atoms with Crippen LogP contribution in [0.5, 0.6) is 0 Å². The summed E-state index contributed by atoms with van der Waals surface area (Å²) in [6.45, 7) is 3.14. The largest absolute Gasteiger partial charge is 0.465 e. The number of nitrogens with zero attached hydrogens (tertiary/aromatic N) is 1. The molecular formula is C14H15NO3. The molecule has 0 fully saturated rings. The molecule has 0 radical (unpaired) electrons. The minimum absolute atomic E-state index is 0.351. The van der Waals surface area contributed by atoms with Crippen LogP contribution in [0.25, 0.3) is 10.9 Å². The first-order chi connectivity index (χ1) is 8.76. The first-order valence-corrected chi connectivity index (χ1v) is 5.80. The second kappa shape index (κ2) is 5.60. The van der Waals surface area contributed by atoms with Gasteiger partial charge in [0.2, 0.25) is 0 Å². The lowest BCUT2D eigenvalue weighted by Gasteiger charge is -2.07. The Hall–Kier alpha value is -1.94. The second-order valence-corrected chi connectivity index (χ2v) is 3.84. The average Bonchev–Trinajstić information content (AvgIpc) is 2.43. The highest BCUT2D eigenvalue weighted by molar-refractivity contribution is 6.03. The fourth-order valence-electron chi connectivity index (χ4n) is 1.79. The van der Waals surface area contributed by atoms with E-state index in [9.17, 15) is 4.79 Å². The fraction of sp³-hybridized carbons (Fsp3) is 0.286. The van der Waals surface area contributed by atoms with Gasteiger partial charge in [-0.2, -0.15) is 0 Å². The van der Waals surface area contributed by atoms with E-state index in [2.05, 4.69) is 4.98 Å². The number of hydrogen-bond acceptors (Lipinski definition) is 4. The van der Waals surface area contributed by atoms with Crippen molar-refractivity contribution in [2.24, 2.45) is 0 Å². The molecule has 18 heavy (non-hydrogen) atoms. The van der Waals surface area contributed by atoms with Gasteiger partial charge in [-0.05, 0) is 30.7 Å². The number of pyridine rings is 1. The van der Waals surface area contributed by atoms with Crippen LogP contribution in [0.4, 0.5) is 0 Å². The summed E-state index contributed by atoms with van der Waals surface area (Å²) < 4.78 is 10.1. The van der Waals surface area contributed by atoms with Crippen LogP contribution in [0.15, 0.2) is 30.5 Å². The Morgan fingerprint density at radius 1 is 1.33 bits per heavy atom. The van der Waals surface area contributed by atoms with Crippen molar-refractivity contribution in [3.63, 3.8) is 0 Å². The molecule has 0 bridgehead atoms. The standard InChI is InChI=1S/C14H15NO3/c1-3-18-9-10-4-5-13-12(8-10)11(6-7-15-13)14(16)17-2/h4-8H,3,9H2,1-2H3. The topological polar surface area (TPSA) is 48.4 Å². The van der Waals surface area contributed by atoms with Crippen LogP contribution in [0.1, 0.15) is 22.8 Å². The molecule has 1 aromatic carbocycles. The van der Waals surface area contributed by atoms with Crippen LogP contribution in [0.3, 0.4) is 0 Å². The number of ether oxygens (including phenoxy) is 2. The molecule has 1 heterocycles. The Kier molecular flexibility index (Phi) is 3.89. The third-order valence-electron chi connectivity index (χ3n) is 2.68. The zero-order chi connectivity index (χ0) is 13.0. The van der Waals surface area contributed by atoms with Gasteiger partial charge < -0.3 is 9.47 Å². The van der Waals surface area contributed by atoms with Gasteiger partial charge in [-0.25, -0.2) is 4.79 Å². The van der Waals surface area contributed by atoms with Gasteiger partial charge in [0.1, 0.15) is 0 Å². The lowest BCUT2D eigenvalue weighted by molar-refractivity contribution is 0.0603. The second-order valence-electron chi connectivity index (χ2n) is 3.84. The third-order valence-corrected chi connectivity index (χ3v) is 2.68. The first kappa shape index (κ1) is 12.5. The quantitative estimate of drug-likeness (QED) is 0.777. The number of benzene rings is 1. The van der Waals surface area contributed by atoms with Gasteiger partial charge in [0.15, 0.2) is 0 Å². The Balaban J connectivity index is 2.48. The summed E-state index contributed by atoms with van der Waals surface area (Å²) in [6, 6.07) is 7.42. The van der Waals surface area contributed by atoms with Crippen molar-refractivity contribution in [1.29, 1.82) is 0 Å². The summed E-state index contributed by atoms with van der Waals surface area (Å²) in [5, 5.41) is 0.793. The van der Waals surface area contributed by atoms with E-state index in [1.54, 1.807) is 12.3 Å². The van der Waals surface area contributed by atoms with E-state index in [-0.39, 0.29) is 5.97 Å². The van der Waals surface area contributed by atoms with E-state index in [0.717, 1.165) is 16.5 Å². The Labute approximate surface area is 106 Å². The van der Waals surface area contributed by atoms with Crippen molar-refractivity contribution in [3.05, 3.63) is 41.6 Å². The lowest BCUT2D eigenvalue weighted by atomic mass is 10.1. The zero-order valence-electron chi connectivity index (χ0n) is 10.5. The van der Waals surface area contributed by atoms with Crippen molar-refractivity contribution in [2.75, 3.05) is 13.7 Å². The van der Waals surface area contributed by atoms with Crippen LogP contribution in [-0.2, 0) is 16.1 Å². The predicted octanol–water partition coefficient (Wildman–Crippen LogP) is 2.56. The molecule has 0 unspecified atom stereocenters. The van der Waals surface area contributed by atoms with Crippen molar-refractivity contribution < 1.29 is 14.3 Å². The molecule has 0 aliphatic heterocycles. The fourth-order valence-corrected chi connectivity index (χ4v) is 1.79. The molecular weight excluding hydrogens is 230 g/mol. The van der Waals surface area contributed by atoms with E-state index in [1.165, 1.54) is 7.11 Å². The van der Waals surface area contributed by atoms with Gasteiger partial charge in [-0.3, -0.25) is 4.98 Å². The highest BCUT2D eigenvalue weighted by Gasteiger charge is 2.11. The number of aromatic nitrogens is 1. The summed E-state index contributed by atoms with van der Waals surface area (Å²) in [4.78, 5) is 15.9. The molecule has 94 valence electrons. The van der Waals surface area contributed by atoms with Crippen LogP contribution in [-0.4, -0.2) is 24.7 Å². The van der Waals surface area contributed by atoms with Crippen LogP contribution < -0.4 is 0 Å². The molecule has 4 heteroatoms. The Bertz CT molecular complexity index is 566. The van der Waals surface area contributed by atoms with Gasteiger partial charge >= 0.3 is 5.97 Å². The molecule has 0 aliphatic rings. The first-order valence-electron chi connectivity index (χ1n) is 5.80. The number of hydrogen-bond donors (Lipinski definition) is 0. The summed E-state index contributed by atoms with van der Waals surface area (Å²) >= 11 is 0.